The minimum absolute atomic E-state index is 0.204. The lowest BCUT2D eigenvalue weighted by Gasteiger charge is -2.06. The molecule has 0 atom stereocenters. The highest BCUT2D eigenvalue weighted by Crippen LogP contribution is 2.33. The van der Waals surface area contributed by atoms with Crippen molar-refractivity contribution in [1.29, 1.82) is 0 Å². The number of aromatic nitrogens is 3. The smallest absolute Gasteiger partial charge is 0.434 e. The Morgan fingerprint density at radius 3 is 2.92 bits per heavy atom. The summed E-state index contributed by atoms with van der Waals surface area (Å²) in [5.41, 5.74) is 2.47. The summed E-state index contributed by atoms with van der Waals surface area (Å²) in [6.45, 7) is 3.84. The number of benzene rings is 1. The minimum atomic E-state index is -0.812. The Labute approximate surface area is 151 Å². The molecular weight excluding hydrogens is 354 g/mol. The van der Waals surface area contributed by atoms with Crippen molar-refractivity contribution < 1.29 is 14.3 Å². The van der Waals surface area contributed by atoms with Gasteiger partial charge in [-0.25, -0.2) is 9.78 Å². The fraction of sp³-hybridized carbons (Fsp3) is 0.167. The normalized spacial score (nSPS) is 11.2. The van der Waals surface area contributed by atoms with Crippen LogP contribution < -0.4 is 10.3 Å². The van der Waals surface area contributed by atoms with Gasteiger partial charge in [-0.3, -0.25) is 4.79 Å². The van der Waals surface area contributed by atoms with Gasteiger partial charge in [0.25, 0.3) is 5.56 Å². The van der Waals surface area contributed by atoms with Crippen LogP contribution in [0.1, 0.15) is 11.9 Å². The number of carbonyl (C=O) groups excluding carboxylic acids is 1. The molecule has 0 spiro atoms. The highest BCUT2D eigenvalue weighted by molar-refractivity contribution is 7.09. The Hall–Kier alpha value is -3.13. The van der Waals surface area contributed by atoms with Gasteiger partial charge in [-0.1, -0.05) is 6.07 Å². The van der Waals surface area contributed by atoms with E-state index in [9.17, 15) is 9.59 Å². The third kappa shape index (κ3) is 2.74. The van der Waals surface area contributed by atoms with Crippen LogP contribution in [0.3, 0.4) is 0 Å². The molecule has 3 aromatic heterocycles. The number of carbonyl (C=O) groups is 1. The zero-order chi connectivity index (χ0) is 18.3. The molecule has 0 amide bonds. The minimum Gasteiger partial charge on any atom is -0.434 e. The van der Waals surface area contributed by atoms with Gasteiger partial charge in [-0.2, -0.15) is 0 Å². The van der Waals surface area contributed by atoms with Crippen LogP contribution in [0.2, 0.25) is 0 Å². The van der Waals surface area contributed by atoms with E-state index in [1.54, 1.807) is 18.3 Å². The van der Waals surface area contributed by atoms with Gasteiger partial charge in [0.1, 0.15) is 5.52 Å². The van der Waals surface area contributed by atoms with Crippen molar-refractivity contribution in [3.8, 4) is 17.0 Å². The standard InChI is InChI=1S/C18H15N3O4S/c1-3-24-18(23)25-14-7-19-16-15(14)11-6-10(13-8-26-9(2)20-13)4-5-12(11)21-17(16)22/h4-8,19H,3H2,1-2H3,(H,21,22). The Bertz CT molecular complexity index is 1190. The van der Waals surface area contributed by atoms with Gasteiger partial charge in [-0.15, -0.1) is 11.3 Å². The van der Waals surface area contributed by atoms with E-state index in [1.807, 2.05) is 30.5 Å². The molecular formula is C18H15N3O4S. The predicted molar refractivity (Wildman–Crippen MR) is 99.9 cm³/mol. The number of hydrogen-bond donors (Lipinski definition) is 2. The average Bonchev–Trinajstić information content (AvgIpc) is 3.22. The summed E-state index contributed by atoms with van der Waals surface area (Å²) in [5.74, 6) is 0.251. The quantitative estimate of drug-likeness (QED) is 0.533. The van der Waals surface area contributed by atoms with Gasteiger partial charge in [0.05, 0.1) is 22.7 Å². The molecule has 7 nitrogen and oxygen atoms in total. The highest BCUT2D eigenvalue weighted by atomic mass is 32.1. The lowest BCUT2D eigenvalue weighted by molar-refractivity contribution is 0.105. The fourth-order valence-electron chi connectivity index (χ4n) is 2.87. The van der Waals surface area contributed by atoms with Crippen LogP contribution in [0, 0.1) is 6.92 Å². The number of rotatable bonds is 3. The van der Waals surface area contributed by atoms with E-state index in [4.69, 9.17) is 9.47 Å². The molecule has 4 aromatic rings. The number of pyridine rings is 1. The van der Waals surface area contributed by atoms with E-state index >= 15 is 0 Å². The van der Waals surface area contributed by atoms with Gasteiger partial charge in [0, 0.05) is 28.0 Å². The van der Waals surface area contributed by atoms with Gasteiger partial charge in [0.2, 0.25) is 0 Å². The number of aryl methyl sites for hydroxylation is 1. The zero-order valence-corrected chi connectivity index (χ0v) is 14.9. The van der Waals surface area contributed by atoms with Gasteiger partial charge < -0.3 is 19.4 Å². The van der Waals surface area contributed by atoms with Crippen molar-refractivity contribution in [1.82, 2.24) is 15.0 Å². The molecule has 0 saturated heterocycles. The molecule has 8 heteroatoms. The predicted octanol–water partition coefficient (Wildman–Crippen LogP) is 3.98. The number of hydrogen-bond acceptors (Lipinski definition) is 6. The second kappa shape index (κ2) is 6.30. The lowest BCUT2D eigenvalue weighted by Crippen LogP contribution is -2.10. The molecule has 0 fully saturated rings. The summed E-state index contributed by atoms with van der Waals surface area (Å²) >= 11 is 1.57. The van der Waals surface area contributed by atoms with E-state index in [2.05, 4.69) is 15.0 Å². The van der Waals surface area contributed by atoms with Gasteiger partial charge in [0.15, 0.2) is 5.75 Å². The molecule has 4 rings (SSSR count). The second-order valence-corrected chi connectivity index (χ2v) is 6.72. The Morgan fingerprint density at radius 2 is 2.19 bits per heavy atom. The Kier molecular flexibility index (Phi) is 3.96. The summed E-state index contributed by atoms with van der Waals surface area (Å²) in [5, 5.41) is 4.24. The van der Waals surface area contributed by atoms with E-state index < -0.39 is 6.16 Å². The molecule has 0 unspecified atom stereocenters. The SMILES string of the molecule is CCOC(=O)Oc1c[nH]c2c(=O)[nH]c3ccc(-c4csc(C)n4)cc3c12. The molecule has 3 heterocycles. The third-order valence-corrected chi connectivity index (χ3v) is 4.75. The number of fused-ring (bicyclic) bond motifs is 3. The average molecular weight is 369 g/mol. The maximum atomic E-state index is 12.3. The molecule has 2 N–H and O–H groups in total. The summed E-state index contributed by atoms with van der Waals surface area (Å²) in [6.07, 6.45) is 0.670. The molecule has 0 aliphatic carbocycles. The summed E-state index contributed by atoms with van der Waals surface area (Å²) in [4.78, 5) is 34.2. The first-order valence-corrected chi connectivity index (χ1v) is 8.89. The number of aromatic amines is 2. The molecule has 0 radical (unpaired) electrons. The molecule has 26 heavy (non-hydrogen) atoms. The Morgan fingerprint density at radius 1 is 1.35 bits per heavy atom. The molecule has 1 aromatic carbocycles. The first-order valence-electron chi connectivity index (χ1n) is 8.01. The van der Waals surface area contributed by atoms with E-state index in [0.717, 1.165) is 21.7 Å². The van der Waals surface area contributed by atoms with Crippen LogP contribution in [0.25, 0.3) is 33.1 Å². The number of nitrogens with one attached hydrogen (secondary N) is 2. The van der Waals surface area contributed by atoms with Crippen LogP contribution >= 0.6 is 11.3 Å². The monoisotopic (exact) mass is 369 g/mol. The lowest BCUT2D eigenvalue weighted by atomic mass is 10.1. The number of nitrogens with zero attached hydrogens (tertiary/aromatic N) is 1. The zero-order valence-electron chi connectivity index (χ0n) is 14.1. The van der Waals surface area contributed by atoms with Crippen molar-refractivity contribution in [2.45, 2.75) is 13.8 Å². The Balaban J connectivity index is 1.94. The summed E-state index contributed by atoms with van der Waals surface area (Å²) in [6, 6.07) is 5.65. The van der Waals surface area contributed by atoms with Gasteiger partial charge in [-0.05, 0) is 26.0 Å². The second-order valence-electron chi connectivity index (χ2n) is 5.65. The summed E-state index contributed by atoms with van der Waals surface area (Å²) in [7, 11) is 0. The van der Waals surface area contributed by atoms with Crippen molar-refractivity contribution in [2.75, 3.05) is 6.61 Å². The third-order valence-electron chi connectivity index (χ3n) is 3.98. The van der Waals surface area contributed by atoms with Crippen LogP contribution in [-0.4, -0.2) is 27.7 Å². The summed E-state index contributed by atoms with van der Waals surface area (Å²) < 4.78 is 10.1. The molecule has 132 valence electrons. The van der Waals surface area contributed by atoms with Crippen LogP contribution in [0.5, 0.6) is 5.75 Å². The van der Waals surface area contributed by atoms with Crippen molar-refractivity contribution in [2.24, 2.45) is 0 Å². The van der Waals surface area contributed by atoms with Crippen molar-refractivity contribution in [3.63, 3.8) is 0 Å². The van der Waals surface area contributed by atoms with Crippen molar-refractivity contribution in [3.05, 3.63) is 45.1 Å². The van der Waals surface area contributed by atoms with Crippen LogP contribution in [-0.2, 0) is 4.74 Å². The van der Waals surface area contributed by atoms with Crippen LogP contribution in [0.4, 0.5) is 4.79 Å². The maximum Gasteiger partial charge on any atom is 0.513 e. The number of thiazole rings is 1. The van der Waals surface area contributed by atoms with Crippen molar-refractivity contribution >= 4 is 39.3 Å². The van der Waals surface area contributed by atoms with E-state index in [1.165, 1.54) is 6.20 Å². The first-order chi connectivity index (χ1) is 12.6. The molecule has 0 bridgehead atoms. The van der Waals surface area contributed by atoms with Gasteiger partial charge >= 0.3 is 6.16 Å². The van der Waals surface area contributed by atoms with Crippen LogP contribution in [0.15, 0.2) is 34.6 Å². The number of ether oxygens (including phenoxy) is 2. The molecule has 0 aliphatic rings. The van der Waals surface area contributed by atoms with E-state index in [-0.39, 0.29) is 17.9 Å². The maximum absolute atomic E-state index is 12.3. The molecule has 0 aliphatic heterocycles. The number of H-pyrrole nitrogens is 2. The largest absolute Gasteiger partial charge is 0.513 e. The fourth-order valence-corrected chi connectivity index (χ4v) is 3.49. The molecule has 0 saturated carbocycles. The first kappa shape index (κ1) is 16.3. The highest BCUT2D eigenvalue weighted by Gasteiger charge is 2.17. The van der Waals surface area contributed by atoms with E-state index in [0.29, 0.717) is 16.4 Å². The topological polar surface area (TPSA) is 97.1 Å².